The van der Waals surface area contributed by atoms with Crippen molar-refractivity contribution in [2.75, 3.05) is 11.9 Å². The van der Waals surface area contributed by atoms with E-state index >= 15 is 0 Å². The molecule has 0 saturated heterocycles. The van der Waals surface area contributed by atoms with E-state index in [9.17, 15) is 13.2 Å². The number of fused-ring (bicyclic) bond motifs is 1. The van der Waals surface area contributed by atoms with E-state index in [1.807, 2.05) is 0 Å². The molecule has 9 heteroatoms. The Hall–Kier alpha value is -2.29. The van der Waals surface area contributed by atoms with Gasteiger partial charge in [-0.05, 0) is 43.2 Å². The first kappa shape index (κ1) is 21.0. The molecule has 1 fully saturated rings. The van der Waals surface area contributed by atoms with E-state index in [4.69, 9.17) is 21.1 Å². The zero-order valence-corrected chi connectivity index (χ0v) is 17.9. The van der Waals surface area contributed by atoms with E-state index < -0.39 is 15.8 Å². The first-order chi connectivity index (χ1) is 14.4. The average Bonchev–Trinajstić information content (AvgIpc) is 3.05. The van der Waals surface area contributed by atoms with Crippen LogP contribution in [0.15, 0.2) is 47.4 Å². The van der Waals surface area contributed by atoms with Gasteiger partial charge >= 0.3 is 0 Å². The van der Waals surface area contributed by atoms with Crippen molar-refractivity contribution in [3.8, 4) is 11.5 Å². The van der Waals surface area contributed by atoms with Gasteiger partial charge in [0.05, 0.1) is 4.90 Å². The van der Waals surface area contributed by atoms with Crippen LogP contribution in [-0.4, -0.2) is 26.7 Å². The number of carbonyl (C=O) groups is 1. The van der Waals surface area contributed by atoms with Crippen molar-refractivity contribution in [3.63, 3.8) is 0 Å². The first-order valence-electron chi connectivity index (χ1n) is 9.92. The van der Waals surface area contributed by atoms with Crippen LogP contribution in [0.5, 0.6) is 11.5 Å². The third-order valence-corrected chi connectivity index (χ3v) is 6.88. The molecule has 1 spiro atoms. The smallest absolute Gasteiger partial charge is 0.251 e. The number of nitrogens with one attached hydrogen (secondary N) is 2. The summed E-state index contributed by atoms with van der Waals surface area (Å²) in [5, 5.41) is 3.09. The minimum absolute atomic E-state index is 0.0157. The molecule has 2 aliphatic rings. The molecule has 1 saturated carbocycles. The number of ether oxygens (including phenoxy) is 2. The van der Waals surface area contributed by atoms with Gasteiger partial charge in [-0.15, -0.1) is 0 Å². The lowest BCUT2D eigenvalue weighted by atomic mass is 9.94. The molecule has 7 nitrogen and oxygen atoms in total. The van der Waals surface area contributed by atoms with Crippen LogP contribution in [0.3, 0.4) is 0 Å². The van der Waals surface area contributed by atoms with Gasteiger partial charge in [-0.25, -0.2) is 13.1 Å². The van der Waals surface area contributed by atoms with Crippen molar-refractivity contribution in [2.24, 2.45) is 0 Å². The Morgan fingerprint density at radius 2 is 1.80 bits per heavy atom. The van der Waals surface area contributed by atoms with Gasteiger partial charge in [-0.3, -0.25) is 4.79 Å². The highest BCUT2D eigenvalue weighted by molar-refractivity contribution is 7.89. The van der Waals surface area contributed by atoms with Crippen LogP contribution in [0.4, 0.5) is 5.69 Å². The summed E-state index contributed by atoms with van der Waals surface area (Å²) in [7, 11) is -3.73. The van der Waals surface area contributed by atoms with Gasteiger partial charge < -0.3 is 14.8 Å². The standard InChI is InChI=1S/C21H23ClN2O5S/c22-15-5-4-6-17(13-15)30(26,27)23-12-9-20(25)24-16-7-8-18-19(14-16)29-21(28-18)10-2-1-3-11-21/h4-8,13-14,23H,1-3,9-12H2,(H,24,25). The second kappa shape index (κ2) is 8.45. The Balaban J connectivity index is 1.31. The van der Waals surface area contributed by atoms with Gasteiger partial charge in [0.1, 0.15) is 0 Å². The summed E-state index contributed by atoms with van der Waals surface area (Å²) < 4.78 is 39.0. The number of carbonyl (C=O) groups excluding carboxylic acids is 1. The zero-order chi connectivity index (χ0) is 21.2. The maximum Gasteiger partial charge on any atom is 0.251 e. The van der Waals surface area contributed by atoms with Crippen LogP contribution < -0.4 is 19.5 Å². The average molecular weight is 451 g/mol. The molecule has 30 heavy (non-hydrogen) atoms. The van der Waals surface area contributed by atoms with Gasteiger partial charge in [-0.2, -0.15) is 0 Å². The third-order valence-electron chi connectivity index (χ3n) is 5.19. The van der Waals surface area contributed by atoms with Crippen molar-refractivity contribution in [2.45, 2.75) is 49.2 Å². The fourth-order valence-corrected chi connectivity index (χ4v) is 5.04. The summed E-state index contributed by atoms with van der Waals surface area (Å²) in [5.41, 5.74) is 0.577. The van der Waals surface area contributed by atoms with Crippen molar-refractivity contribution in [3.05, 3.63) is 47.5 Å². The molecule has 2 N–H and O–H groups in total. The van der Waals surface area contributed by atoms with Crippen LogP contribution >= 0.6 is 11.6 Å². The Kier molecular flexibility index (Phi) is 5.90. The van der Waals surface area contributed by atoms with E-state index in [2.05, 4.69) is 10.0 Å². The van der Waals surface area contributed by atoms with E-state index in [1.54, 1.807) is 30.3 Å². The van der Waals surface area contributed by atoms with Crippen molar-refractivity contribution >= 4 is 33.2 Å². The van der Waals surface area contributed by atoms with E-state index in [0.717, 1.165) is 25.7 Å². The molecule has 1 aliphatic carbocycles. The normalized spacial score (nSPS) is 17.1. The Labute approximate surface area is 180 Å². The highest BCUT2D eigenvalue weighted by Gasteiger charge is 2.42. The van der Waals surface area contributed by atoms with Crippen LogP contribution in [0.2, 0.25) is 5.02 Å². The fourth-order valence-electron chi connectivity index (χ4n) is 3.71. The molecule has 1 aliphatic heterocycles. The van der Waals surface area contributed by atoms with E-state index in [0.29, 0.717) is 22.2 Å². The number of hydrogen-bond acceptors (Lipinski definition) is 5. The summed E-state index contributed by atoms with van der Waals surface area (Å²) in [4.78, 5) is 12.3. The van der Waals surface area contributed by atoms with Crippen molar-refractivity contribution in [1.82, 2.24) is 4.72 Å². The monoisotopic (exact) mass is 450 g/mol. The largest absolute Gasteiger partial charge is 0.448 e. The molecule has 4 rings (SSSR count). The van der Waals surface area contributed by atoms with Crippen LogP contribution in [0.25, 0.3) is 0 Å². The van der Waals surface area contributed by atoms with Crippen LogP contribution in [-0.2, 0) is 14.8 Å². The number of benzene rings is 2. The second-order valence-electron chi connectivity index (χ2n) is 7.49. The molecule has 0 unspecified atom stereocenters. The molecule has 0 aromatic heterocycles. The number of sulfonamides is 1. The zero-order valence-electron chi connectivity index (χ0n) is 16.3. The molecule has 2 aromatic carbocycles. The fraction of sp³-hybridized carbons (Fsp3) is 0.381. The molecule has 2 aromatic rings. The number of rotatable bonds is 6. The first-order valence-corrected chi connectivity index (χ1v) is 11.8. The second-order valence-corrected chi connectivity index (χ2v) is 9.69. The quantitative estimate of drug-likeness (QED) is 0.691. The Morgan fingerprint density at radius 3 is 2.57 bits per heavy atom. The summed E-state index contributed by atoms with van der Waals surface area (Å²) in [6, 6.07) is 11.2. The molecule has 0 bridgehead atoms. The number of anilines is 1. The predicted octanol–water partition coefficient (Wildman–Crippen LogP) is 4.08. The van der Waals surface area contributed by atoms with Crippen LogP contribution in [0.1, 0.15) is 38.5 Å². The Morgan fingerprint density at radius 1 is 1.03 bits per heavy atom. The molecule has 1 heterocycles. The maximum atomic E-state index is 12.3. The molecular weight excluding hydrogens is 428 g/mol. The van der Waals surface area contributed by atoms with Gasteiger partial charge in [0.25, 0.3) is 5.79 Å². The van der Waals surface area contributed by atoms with Gasteiger partial charge in [0, 0.05) is 42.6 Å². The molecule has 0 atom stereocenters. The maximum absolute atomic E-state index is 12.3. The van der Waals surface area contributed by atoms with Crippen molar-refractivity contribution in [1.29, 1.82) is 0 Å². The van der Waals surface area contributed by atoms with Crippen molar-refractivity contribution < 1.29 is 22.7 Å². The summed E-state index contributed by atoms with van der Waals surface area (Å²) >= 11 is 5.84. The minimum Gasteiger partial charge on any atom is -0.448 e. The van der Waals surface area contributed by atoms with Crippen LogP contribution in [0, 0.1) is 0 Å². The SMILES string of the molecule is O=C(CCNS(=O)(=O)c1cccc(Cl)c1)Nc1ccc2c(c1)OC1(CCCCC1)O2. The van der Waals surface area contributed by atoms with Gasteiger partial charge in [-0.1, -0.05) is 24.1 Å². The van der Waals surface area contributed by atoms with E-state index in [-0.39, 0.29) is 23.8 Å². The molecule has 0 radical (unpaired) electrons. The summed E-state index contributed by atoms with van der Waals surface area (Å²) in [6.45, 7) is -0.0334. The lowest BCUT2D eigenvalue weighted by Crippen LogP contribution is -2.40. The lowest BCUT2D eigenvalue weighted by molar-refractivity contribution is -0.116. The number of amides is 1. The lowest BCUT2D eigenvalue weighted by Gasteiger charge is -2.31. The summed E-state index contributed by atoms with van der Waals surface area (Å²) in [5.74, 6) is 0.428. The molecule has 160 valence electrons. The highest BCUT2D eigenvalue weighted by Crippen LogP contribution is 2.46. The number of halogens is 1. The molecule has 1 amide bonds. The van der Waals surface area contributed by atoms with Gasteiger partial charge in [0.15, 0.2) is 11.5 Å². The predicted molar refractivity (Wildman–Crippen MR) is 113 cm³/mol. The Bertz CT molecular complexity index is 1050. The summed E-state index contributed by atoms with van der Waals surface area (Å²) in [6.07, 6.45) is 5.03. The van der Waals surface area contributed by atoms with Gasteiger partial charge in [0.2, 0.25) is 15.9 Å². The topological polar surface area (TPSA) is 93.7 Å². The minimum atomic E-state index is -3.73. The number of hydrogen-bond donors (Lipinski definition) is 2. The van der Waals surface area contributed by atoms with E-state index in [1.165, 1.54) is 18.6 Å². The highest BCUT2D eigenvalue weighted by atomic mass is 35.5. The third kappa shape index (κ3) is 4.71. The molecular formula is C21H23ClN2O5S.